The van der Waals surface area contributed by atoms with Crippen molar-refractivity contribution < 1.29 is 23.8 Å². The number of nitrogens with zero attached hydrogens (tertiary/aromatic N) is 1. The fourth-order valence-corrected chi connectivity index (χ4v) is 3.30. The topological polar surface area (TPSA) is 59.0 Å². The van der Waals surface area contributed by atoms with Crippen molar-refractivity contribution in [2.24, 2.45) is 5.92 Å². The first-order valence-corrected chi connectivity index (χ1v) is 8.05. The Hall–Kier alpha value is -1.66. The molecule has 0 aliphatic carbocycles. The number of halogens is 1. The number of hydrogen-bond acceptors (Lipinski definition) is 4. The van der Waals surface area contributed by atoms with Crippen molar-refractivity contribution >= 4 is 5.97 Å². The summed E-state index contributed by atoms with van der Waals surface area (Å²) in [6.07, 6.45) is 1.86. The summed E-state index contributed by atoms with van der Waals surface area (Å²) in [6, 6.07) is 5.66. The number of carbonyl (C=O) groups is 1. The van der Waals surface area contributed by atoms with Gasteiger partial charge in [0.15, 0.2) is 0 Å². The third-order valence-corrected chi connectivity index (χ3v) is 4.70. The van der Waals surface area contributed by atoms with Crippen LogP contribution < -0.4 is 4.74 Å². The van der Waals surface area contributed by atoms with Crippen LogP contribution in [0.25, 0.3) is 0 Å². The first-order chi connectivity index (χ1) is 11.1. The van der Waals surface area contributed by atoms with Gasteiger partial charge in [0.1, 0.15) is 11.6 Å². The van der Waals surface area contributed by atoms with Gasteiger partial charge in [-0.05, 0) is 24.5 Å². The van der Waals surface area contributed by atoms with E-state index in [9.17, 15) is 14.3 Å². The summed E-state index contributed by atoms with van der Waals surface area (Å²) in [5.74, 6) is -0.603. The molecular weight excluding hydrogens is 301 g/mol. The van der Waals surface area contributed by atoms with Crippen LogP contribution in [0.15, 0.2) is 24.3 Å². The summed E-state index contributed by atoms with van der Waals surface area (Å²) in [7, 11) is 0. The van der Waals surface area contributed by atoms with E-state index in [-0.39, 0.29) is 5.75 Å². The molecule has 1 aromatic carbocycles. The van der Waals surface area contributed by atoms with Gasteiger partial charge in [-0.2, -0.15) is 0 Å². The highest BCUT2D eigenvalue weighted by Crippen LogP contribution is 2.30. The van der Waals surface area contributed by atoms with Gasteiger partial charge in [-0.15, -0.1) is 0 Å². The average Bonchev–Trinajstić information content (AvgIpc) is 3.02. The first kappa shape index (κ1) is 16.2. The molecule has 0 aromatic heterocycles. The minimum Gasteiger partial charge on any atom is -0.478 e. The lowest BCUT2D eigenvalue weighted by Crippen LogP contribution is -2.53. The van der Waals surface area contributed by atoms with Gasteiger partial charge in [-0.25, -0.2) is 9.18 Å². The summed E-state index contributed by atoms with van der Waals surface area (Å²) in [4.78, 5) is 14.0. The molecule has 126 valence electrons. The molecule has 2 aliphatic rings. The molecule has 2 heterocycles. The van der Waals surface area contributed by atoms with Crippen LogP contribution in [-0.4, -0.2) is 54.4 Å². The molecular formula is C17H22FNO4. The smallest absolute Gasteiger partial charge is 0.348 e. The van der Waals surface area contributed by atoms with Crippen LogP contribution in [0, 0.1) is 11.7 Å². The third-order valence-electron chi connectivity index (χ3n) is 4.70. The molecule has 2 fully saturated rings. The quantitative estimate of drug-likeness (QED) is 0.900. The summed E-state index contributed by atoms with van der Waals surface area (Å²) < 4.78 is 24.4. The number of carboxylic acids is 1. The fourth-order valence-electron chi connectivity index (χ4n) is 3.30. The van der Waals surface area contributed by atoms with E-state index < -0.39 is 17.4 Å². The second-order valence-electron chi connectivity index (χ2n) is 6.39. The van der Waals surface area contributed by atoms with Crippen molar-refractivity contribution in [2.45, 2.75) is 24.9 Å². The highest BCUT2D eigenvalue weighted by atomic mass is 19.1. The third kappa shape index (κ3) is 3.82. The van der Waals surface area contributed by atoms with Crippen LogP contribution >= 0.6 is 0 Å². The average molecular weight is 323 g/mol. The molecule has 0 radical (unpaired) electrons. The number of piperidine rings is 1. The maximum atomic E-state index is 13.3. The predicted molar refractivity (Wildman–Crippen MR) is 82.0 cm³/mol. The minimum absolute atomic E-state index is 0.269. The Labute approximate surface area is 135 Å². The first-order valence-electron chi connectivity index (χ1n) is 8.05. The number of hydrogen-bond donors (Lipinski definition) is 1. The van der Waals surface area contributed by atoms with Crippen molar-refractivity contribution in [3.05, 3.63) is 30.1 Å². The zero-order valence-electron chi connectivity index (χ0n) is 13.0. The molecule has 0 amide bonds. The van der Waals surface area contributed by atoms with Gasteiger partial charge in [0.2, 0.25) is 5.60 Å². The Kier molecular flexibility index (Phi) is 4.82. The van der Waals surface area contributed by atoms with Gasteiger partial charge in [0.05, 0.1) is 6.61 Å². The van der Waals surface area contributed by atoms with E-state index in [1.807, 2.05) is 0 Å². The molecule has 5 nitrogen and oxygen atoms in total. The van der Waals surface area contributed by atoms with Gasteiger partial charge in [-0.1, -0.05) is 6.07 Å². The van der Waals surface area contributed by atoms with Crippen molar-refractivity contribution in [3.8, 4) is 5.75 Å². The van der Waals surface area contributed by atoms with Crippen molar-refractivity contribution in [1.29, 1.82) is 0 Å². The highest BCUT2D eigenvalue weighted by molar-refractivity contribution is 5.78. The molecule has 0 spiro atoms. The van der Waals surface area contributed by atoms with Crippen LogP contribution in [-0.2, 0) is 9.53 Å². The molecule has 23 heavy (non-hydrogen) atoms. The van der Waals surface area contributed by atoms with Crippen LogP contribution in [0.3, 0.4) is 0 Å². The minimum atomic E-state index is -1.27. The molecule has 0 bridgehead atoms. The Bertz CT molecular complexity index is 551. The molecule has 2 aliphatic heterocycles. The number of rotatable bonds is 5. The lowest BCUT2D eigenvalue weighted by Gasteiger charge is -2.39. The summed E-state index contributed by atoms with van der Waals surface area (Å²) in [5, 5.41) is 9.63. The zero-order chi connectivity index (χ0) is 16.3. The van der Waals surface area contributed by atoms with E-state index in [1.165, 1.54) is 18.2 Å². The summed E-state index contributed by atoms with van der Waals surface area (Å²) in [5.41, 5.74) is -1.27. The van der Waals surface area contributed by atoms with Crippen LogP contribution in [0.5, 0.6) is 5.75 Å². The number of likely N-dealkylation sites (tertiary alicyclic amines) is 1. The Morgan fingerprint density at radius 3 is 2.83 bits per heavy atom. The number of carboxylic acid groups (broad SMARTS) is 1. The van der Waals surface area contributed by atoms with Gasteiger partial charge in [-0.3, -0.25) is 0 Å². The normalized spacial score (nSPS) is 24.5. The molecule has 6 heteroatoms. The molecule has 3 rings (SSSR count). The molecule has 1 unspecified atom stereocenters. The van der Waals surface area contributed by atoms with Crippen molar-refractivity contribution in [1.82, 2.24) is 4.90 Å². The number of benzene rings is 1. The maximum absolute atomic E-state index is 13.3. The molecule has 1 atom stereocenters. The highest BCUT2D eigenvalue weighted by Gasteiger charge is 2.44. The Morgan fingerprint density at radius 1 is 1.43 bits per heavy atom. The van der Waals surface area contributed by atoms with Gasteiger partial charge in [0.25, 0.3) is 0 Å². The van der Waals surface area contributed by atoms with E-state index in [2.05, 4.69) is 4.90 Å². The van der Waals surface area contributed by atoms with Crippen LogP contribution in [0.2, 0.25) is 0 Å². The van der Waals surface area contributed by atoms with Gasteiger partial charge < -0.3 is 19.5 Å². The van der Waals surface area contributed by atoms with Gasteiger partial charge in [0, 0.05) is 45.1 Å². The van der Waals surface area contributed by atoms with E-state index >= 15 is 0 Å². The predicted octanol–water partition coefficient (Wildman–Crippen LogP) is 2.16. The molecule has 2 saturated heterocycles. The summed E-state index contributed by atoms with van der Waals surface area (Å²) in [6.45, 7) is 3.88. The monoisotopic (exact) mass is 323 g/mol. The molecule has 1 aromatic rings. The standard InChI is InChI=1S/C17H22FNO4/c18-14-2-1-3-15(10-14)23-17(16(20)21)5-7-19(8-6-17)11-13-4-9-22-12-13/h1-3,10,13H,4-9,11-12H2,(H,20,21). The lowest BCUT2D eigenvalue weighted by atomic mass is 9.90. The van der Waals surface area contributed by atoms with E-state index in [0.29, 0.717) is 31.8 Å². The second kappa shape index (κ2) is 6.84. The lowest BCUT2D eigenvalue weighted by molar-refractivity contribution is -0.159. The summed E-state index contributed by atoms with van der Waals surface area (Å²) >= 11 is 0. The second-order valence-corrected chi connectivity index (χ2v) is 6.39. The zero-order valence-corrected chi connectivity index (χ0v) is 13.0. The maximum Gasteiger partial charge on any atom is 0.348 e. The molecule has 0 saturated carbocycles. The SMILES string of the molecule is O=C(O)C1(Oc2cccc(F)c2)CCN(CC2CCOC2)CC1. The van der Waals surface area contributed by atoms with E-state index in [0.717, 1.165) is 26.2 Å². The van der Waals surface area contributed by atoms with Crippen molar-refractivity contribution in [3.63, 3.8) is 0 Å². The van der Waals surface area contributed by atoms with E-state index in [4.69, 9.17) is 9.47 Å². The van der Waals surface area contributed by atoms with Crippen molar-refractivity contribution in [2.75, 3.05) is 32.8 Å². The number of ether oxygens (including phenoxy) is 2. The van der Waals surface area contributed by atoms with Gasteiger partial charge >= 0.3 is 5.97 Å². The van der Waals surface area contributed by atoms with Crippen LogP contribution in [0.1, 0.15) is 19.3 Å². The Morgan fingerprint density at radius 2 is 2.22 bits per heavy atom. The Balaban J connectivity index is 1.62. The number of aliphatic carboxylic acids is 1. The van der Waals surface area contributed by atoms with E-state index in [1.54, 1.807) is 6.07 Å². The fraction of sp³-hybridized carbons (Fsp3) is 0.588. The largest absolute Gasteiger partial charge is 0.478 e. The molecule has 1 N–H and O–H groups in total. The van der Waals surface area contributed by atoms with Crippen LogP contribution in [0.4, 0.5) is 4.39 Å².